The van der Waals surface area contributed by atoms with Gasteiger partial charge in [-0.25, -0.2) is 0 Å². The summed E-state index contributed by atoms with van der Waals surface area (Å²) in [5.74, 6) is 1.04. The van der Waals surface area contributed by atoms with Crippen LogP contribution in [-0.2, 0) is 6.42 Å². The van der Waals surface area contributed by atoms with Crippen molar-refractivity contribution >= 4 is 5.91 Å². The maximum atomic E-state index is 12.3. The fourth-order valence-corrected chi connectivity index (χ4v) is 3.11. The maximum Gasteiger partial charge on any atom is 0.251 e. The number of aliphatic hydroxyl groups is 1. The summed E-state index contributed by atoms with van der Waals surface area (Å²) in [4.78, 5) is 14.6. The minimum absolute atomic E-state index is 0.207. The molecule has 2 N–H and O–H groups in total. The van der Waals surface area contributed by atoms with E-state index in [4.69, 9.17) is 4.74 Å². The molecule has 0 aliphatic heterocycles. The number of ether oxygens (including phenoxy) is 1. The van der Waals surface area contributed by atoms with Crippen LogP contribution >= 0.6 is 0 Å². The van der Waals surface area contributed by atoms with Crippen molar-refractivity contribution in [1.82, 2.24) is 10.2 Å². The predicted octanol–water partition coefficient (Wildman–Crippen LogP) is 3.38. The molecule has 5 nitrogen and oxygen atoms in total. The van der Waals surface area contributed by atoms with Crippen LogP contribution < -0.4 is 10.1 Å². The van der Waals surface area contributed by atoms with E-state index in [1.54, 1.807) is 31.4 Å². The summed E-state index contributed by atoms with van der Waals surface area (Å²) in [5.41, 5.74) is 1.82. The second-order valence-electron chi connectivity index (χ2n) is 7.81. The first kappa shape index (κ1) is 22.9. The summed E-state index contributed by atoms with van der Waals surface area (Å²) in [6.45, 7) is 7.00. The Balaban J connectivity index is 1.85. The summed E-state index contributed by atoms with van der Waals surface area (Å²) in [6.07, 6.45) is 1.41. The van der Waals surface area contributed by atoms with Crippen molar-refractivity contribution in [3.05, 3.63) is 65.7 Å². The van der Waals surface area contributed by atoms with Gasteiger partial charge in [0.15, 0.2) is 0 Å². The molecule has 0 bridgehead atoms. The van der Waals surface area contributed by atoms with Gasteiger partial charge in [-0.2, -0.15) is 0 Å². The van der Waals surface area contributed by atoms with Gasteiger partial charge in [0, 0.05) is 25.2 Å². The molecule has 0 fully saturated rings. The average molecular weight is 399 g/mol. The molecule has 0 saturated heterocycles. The number of hydrogen-bond donors (Lipinski definition) is 2. The van der Waals surface area contributed by atoms with Gasteiger partial charge in [0.1, 0.15) is 5.75 Å². The molecule has 0 aromatic heterocycles. The van der Waals surface area contributed by atoms with Crippen molar-refractivity contribution in [2.75, 3.05) is 33.3 Å². The Morgan fingerprint density at radius 3 is 2.55 bits per heavy atom. The lowest BCUT2D eigenvalue weighted by atomic mass is 10.1. The molecule has 1 atom stereocenters. The Bertz CT molecular complexity index is 734. The molecule has 0 aliphatic rings. The van der Waals surface area contributed by atoms with Crippen LogP contribution in [0.4, 0.5) is 0 Å². The third-order valence-electron chi connectivity index (χ3n) is 4.88. The molecule has 1 unspecified atom stereocenters. The highest BCUT2D eigenvalue weighted by atomic mass is 16.5. The van der Waals surface area contributed by atoms with Crippen molar-refractivity contribution < 1.29 is 14.6 Å². The van der Waals surface area contributed by atoms with E-state index >= 15 is 0 Å². The van der Waals surface area contributed by atoms with Gasteiger partial charge >= 0.3 is 0 Å². The van der Waals surface area contributed by atoms with Crippen LogP contribution in [0.15, 0.2) is 54.6 Å². The van der Waals surface area contributed by atoms with E-state index < -0.39 is 6.10 Å². The number of benzene rings is 2. The van der Waals surface area contributed by atoms with Crippen LogP contribution in [0.1, 0.15) is 36.2 Å². The number of aliphatic hydroxyl groups excluding tert-OH is 1. The first-order valence-electron chi connectivity index (χ1n) is 10.3. The van der Waals surface area contributed by atoms with E-state index in [-0.39, 0.29) is 12.5 Å². The number of rotatable bonds is 12. The van der Waals surface area contributed by atoms with Gasteiger partial charge in [0.25, 0.3) is 5.91 Å². The van der Waals surface area contributed by atoms with E-state index in [0.717, 1.165) is 25.9 Å². The van der Waals surface area contributed by atoms with Gasteiger partial charge in [-0.05, 0) is 49.1 Å². The monoisotopic (exact) mass is 398 g/mol. The summed E-state index contributed by atoms with van der Waals surface area (Å²) in [6, 6.07) is 17.4. The molecule has 0 saturated carbocycles. The van der Waals surface area contributed by atoms with Gasteiger partial charge in [-0.15, -0.1) is 0 Å². The minimum Gasteiger partial charge on any atom is -0.497 e. The molecular formula is C24H34N2O3. The van der Waals surface area contributed by atoms with E-state index in [0.29, 0.717) is 23.8 Å². The third-order valence-corrected chi connectivity index (χ3v) is 4.88. The normalized spacial score (nSPS) is 12.2. The van der Waals surface area contributed by atoms with Gasteiger partial charge in [0.2, 0.25) is 0 Å². The van der Waals surface area contributed by atoms with E-state index in [2.05, 4.69) is 48.3 Å². The first-order chi connectivity index (χ1) is 14.0. The standard InChI is InChI=1S/C24H34N2O3/c1-19(2)12-14-26(15-13-20-8-5-4-6-9-20)18-22(27)17-25-24(28)21-10-7-11-23(16-21)29-3/h4-11,16,19,22,27H,12-15,17-18H2,1-3H3,(H,25,28). The average Bonchev–Trinajstić information content (AvgIpc) is 2.74. The smallest absolute Gasteiger partial charge is 0.251 e. The van der Waals surface area contributed by atoms with Gasteiger partial charge in [-0.3, -0.25) is 4.79 Å². The second-order valence-corrected chi connectivity index (χ2v) is 7.81. The molecule has 2 aromatic rings. The van der Waals surface area contributed by atoms with E-state index in [1.165, 1.54) is 5.56 Å². The van der Waals surface area contributed by atoms with Crippen molar-refractivity contribution in [2.24, 2.45) is 5.92 Å². The lowest BCUT2D eigenvalue weighted by molar-refractivity contribution is 0.0854. The highest BCUT2D eigenvalue weighted by Gasteiger charge is 2.14. The van der Waals surface area contributed by atoms with Crippen LogP contribution in [0, 0.1) is 5.92 Å². The largest absolute Gasteiger partial charge is 0.497 e. The number of nitrogens with one attached hydrogen (secondary N) is 1. The van der Waals surface area contributed by atoms with Crippen LogP contribution in [-0.4, -0.2) is 55.3 Å². The molecule has 5 heteroatoms. The molecule has 0 aliphatic carbocycles. The molecule has 2 aromatic carbocycles. The Hall–Kier alpha value is -2.37. The number of methoxy groups -OCH3 is 1. The number of carbonyl (C=O) groups is 1. The number of hydrogen-bond acceptors (Lipinski definition) is 4. The van der Waals surface area contributed by atoms with Crippen molar-refractivity contribution in [3.63, 3.8) is 0 Å². The number of carbonyl (C=O) groups excluding carboxylic acids is 1. The van der Waals surface area contributed by atoms with Crippen LogP contribution in [0.25, 0.3) is 0 Å². The lowest BCUT2D eigenvalue weighted by Gasteiger charge is -2.26. The molecule has 0 heterocycles. The van der Waals surface area contributed by atoms with Crippen LogP contribution in [0.2, 0.25) is 0 Å². The number of nitrogens with zero attached hydrogens (tertiary/aromatic N) is 1. The molecule has 0 radical (unpaired) electrons. The van der Waals surface area contributed by atoms with Crippen LogP contribution in [0.3, 0.4) is 0 Å². The summed E-state index contributed by atoms with van der Waals surface area (Å²) < 4.78 is 5.16. The highest BCUT2D eigenvalue weighted by Crippen LogP contribution is 2.12. The minimum atomic E-state index is -0.618. The zero-order valence-corrected chi connectivity index (χ0v) is 17.8. The summed E-state index contributed by atoms with van der Waals surface area (Å²) in [5, 5.41) is 13.3. The molecule has 29 heavy (non-hydrogen) atoms. The Morgan fingerprint density at radius 1 is 1.10 bits per heavy atom. The molecule has 1 amide bonds. The molecule has 2 rings (SSSR count). The van der Waals surface area contributed by atoms with E-state index in [1.807, 2.05) is 6.07 Å². The molecule has 0 spiro atoms. The van der Waals surface area contributed by atoms with Gasteiger partial charge in [-0.1, -0.05) is 50.2 Å². The molecular weight excluding hydrogens is 364 g/mol. The Morgan fingerprint density at radius 2 is 1.86 bits per heavy atom. The second kappa shape index (κ2) is 12.2. The Kier molecular flexibility index (Phi) is 9.68. The number of amides is 1. The lowest BCUT2D eigenvalue weighted by Crippen LogP contribution is -2.41. The fourth-order valence-electron chi connectivity index (χ4n) is 3.11. The third kappa shape index (κ3) is 8.67. The van der Waals surface area contributed by atoms with Crippen molar-refractivity contribution in [2.45, 2.75) is 32.8 Å². The predicted molar refractivity (Wildman–Crippen MR) is 117 cm³/mol. The fraction of sp³-hybridized carbons (Fsp3) is 0.458. The van der Waals surface area contributed by atoms with Crippen molar-refractivity contribution in [1.29, 1.82) is 0 Å². The zero-order valence-electron chi connectivity index (χ0n) is 17.8. The Labute approximate surface area is 174 Å². The SMILES string of the molecule is COc1cccc(C(=O)NCC(O)CN(CCc2ccccc2)CCC(C)C)c1. The van der Waals surface area contributed by atoms with Crippen LogP contribution in [0.5, 0.6) is 5.75 Å². The first-order valence-corrected chi connectivity index (χ1v) is 10.3. The van der Waals surface area contributed by atoms with Gasteiger partial charge in [0.05, 0.1) is 13.2 Å². The maximum absolute atomic E-state index is 12.3. The van der Waals surface area contributed by atoms with Crippen molar-refractivity contribution in [3.8, 4) is 5.75 Å². The van der Waals surface area contributed by atoms with E-state index in [9.17, 15) is 9.90 Å². The molecule has 158 valence electrons. The van der Waals surface area contributed by atoms with Gasteiger partial charge < -0.3 is 20.1 Å². The topological polar surface area (TPSA) is 61.8 Å². The highest BCUT2D eigenvalue weighted by molar-refractivity contribution is 5.94. The summed E-state index contributed by atoms with van der Waals surface area (Å²) >= 11 is 0. The zero-order chi connectivity index (χ0) is 21.1. The summed E-state index contributed by atoms with van der Waals surface area (Å²) in [7, 11) is 1.57. The quantitative estimate of drug-likeness (QED) is 0.575.